The van der Waals surface area contributed by atoms with Crippen LogP contribution in [-0.4, -0.2) is 18.0 Å². The molecule has 0 bridgehead atoms. The van der Waals surface area contributed by atoms with E-state index in [1.807, 2.05) is 43.0 Å². The molecule has 24 heavy (non-hydrogen) atoms. The lowest BCUT2D eigenvalue weighted by Gasteiger charge is -2.21. The van der Waals surface area contributed by atoms with Crippen LogP contribution in [0.25, 0.3) is 0 Å². The van der Waals surface area contributed by atoms with Crippen molar-refractivity contribution in [2.75, 3.05) is 23.3 Å². The topological polar surface area (TPSA) is 58.4 Å². The van der Waals surface area contributed by atoms with Crippen LogP contribution in [0.3, 0.4) is 0 Å². The van der Waals surface area contributed by atoms with Gasteiger partial charge in [-0.1, -0.05) is 25.1 Å². The van der Waals surface area contributed by atoms with Gasteiger partial charge >= 0.3 is 0 Å². The third kappa shape index (κ3) is 4.25. The molecule has 1 N–H and O–H groups in total. The van der Waals surface area contributed by atoms with E-state index in [2.05, 4.69) is 24.4 Å². The number of nitrogens with zero attached hydrogens (tertiary/aromatic N) is 2. The Kier molecular flexibility index (Phi) is 6.18. The molecular formula is C19H25N3O2. The molecule has 0 atom stereocenters. The lowest BCUT2D eigenvalue weighted by molar-refractivity contribution is -0.384. The van der Waals surface area contributed by atoms with Crippen LogP contribution in [0, 0.1) is 10.1 Å². The zero-order valence-corrected chi connectivity index (χ0v) is 14.6. The lowest BCUT2D eigenvalue weighted by atomic mass is 10.1. The van der Waals surface area contributed by atoms with Crippen LogP contribution in [0.4, 0.5) is 17.1 Å². The predicted molar refractivity (Wildman–Crippen MR) is 99.8 cm³/mol. The summed E-state index contributed by atoms with van der Waals surface area (Å²) < 4.78 is 0. The van der Waals surface area contributed by atoms with Crippen LogP contribution >= 0.6 is 0 Å². The Labute approximate surface area is 143 Å². The fourth-order valence-corrected chi connectivity index (χ4v) is 2.72. The third-order valence-corrected chi connectivity index (χ3v) is 4.20. The molecule has 5 nitrogen and oxygen atoms in total. The number of benzene rings is 2. The number of rotatable bonds is 8. The summed E-state index contributed by atoms with van der Waals surface area (Å²) in [6, 6.07) is 13.7. The molecule has 0 radical (unpaired) electrons. The van der Waals surface area contributed by atoms with Gasteiger partial charge in [0.25, 0.3) is 5.69 Å². The monoisotopic (exact) mass is 327 g/mol. The normalized spacial score (nSPS) is 10.5. The molecule has 0 fully saturated rings. The lowest BCUT2D eigenvalue weighted by Crippen LogP contribution is -2.22. The zero-order valence-electron chi connectivity index (χ0n) is 14.6. The summed E-state index contributed by atoms with van der Waals surface area (Å²) >= 11 is 0. The summed E-state index contributed by atoms with van der Waals surface area (Å²) in [5.74, 6) is 0. The number of aryl methyl sites for hydroxylation is 1. The molecule has 5 heteroatoms. The van der Waals surface area contributed by atoms with Gasteiger partial charge in [0, 0.05) is 31.4 Å². The van der Waals surface area contributed by atoms with Crippen LogP contribution in [-0.2, 0) is 13.0 Å². The minimum Gasteiger partial charge on any atom is -0.381 e. The molecule has 0 unspecified atom stereocenters. The average molecular weight is 327 g/mol. The second kappa shape index (κ2) is 8.34. The first-order chi connectivity index (χ1) is 11.6. The Balaban J connectivity index is 2.15. The van der Waals surface area contributed by atoms with Gasteiger partial charge in [0.1, 0.15) is 5.69 Å². The first kappa shape index (κ1) is 17.8. The van der Waals surface area contributed by atoms with Gasteiger partial charge in [-0.15, -0.1) is 0 Å². The molecule has 0 saturated heterocycles. The Hall–Kier alpha value is -2.56. The van der Waals surface area contributed by atoms with E-state index < -0.39 is 0 Å². The molecule has 0 aliphatic carbocycles. The van der Waals surface area contributed by atoms with Gasteiger partial charge in [-0.3, -0.25) is 10.1 Å². The van der Waals surface area contributed by atoms with E-state index in [9.17, 15) is 10.1 Å². The van der Waals surface area contributed by atoms with Gasteiger partial charge in [0.15, 0.2) is 0 Å². The van der Waals surface area contributed by atoms with Gasteiger partial charge in [0.2, 0.25) is 0 Å². The SMILES string of the molecule is CCc1ccc(NCc2ccc(N(CC)CC)c([N+](=O)[O-])c2)cc1. The number of nitrogens with one attached hydrogen (secondary N) is 1. The maximum Gasteiger partial charge on any atom is 0.292 e. The number of hydrogen-bond donors (Lipinski definition) is 1. The molecule has 0 amide bonds. The summed E-state index contributed by atoms with van der Waals surface area (Å²) in [7, 11) is 0. The van der Waals surface area contributed by atoms with Crippen molar-refractivity contribution >= 4 is 17.1 Å². The maximum absolute atomic E-state index is 11.4. The molecule has 0 aromatic heterocycles. The van der Waals surface area contributed by atoms with Gasteiger partial charge < -0.3 is 10.2 Å². The quantitative estimate of drug-likeness (QED) is 0.568. The number of nitro benzene ring substituents is 1. The second-order valence-electron chi connectivity index (χ2n) is 5.66. The third-order valence-electron chi connectivity index (χ3n) is 4.20. The molecule has 2 rings (SSSR count). The average Bonchev–Trinajstić information content (AvgIpc) is 2.62. The van der Waals surface area contributed by atoms with Crippen LogP contribution in [0.5, 0.6) is 0 Å². The highest BCUT2D eigenvalue weighted by Crippen LogP contribution is 2.29. The Morgan fingerprint density at radius 1 is 1.00 bits per heavy atom. The van der Waals surface area contributed by atoms with Gasteiger partial charge in [-0.25, -0.2) is 0 Å². The van der Waals surface area contributed by atoms with Crippen LogP contribution in [0.2, 0.25) is 0 Å². The van der Waals surface area contributed by atoms with E-state index >= 15 is 0 Å². The van der Waals surface area contributed by atoms with Gasteiger partial charge in [0.05, 0.1) is 4.92 Å². The molecule has 2 aromatic carbocycles. The maximum atomic E-state index is 11.4. The first-order valence-corrected chi connectivity index (χ1v) is 8.44. The fraction of sp³-hybridized carbons (Fsp3) is 0.368. The predicted octanol–water partition coefficient (Wildman–Crippen LogP) is 4.62. The highest BCUT2D eigenvalue weighted by Gasteiger charge is 2.18. The van der Waals surface area contributed by atoms with Crippen molar-refractivity contribution in [1.82, 2.24) is 0 Å². The van der Waals surface area contributed by atoms with Crippen LogP contribution in [0.15, 0.2) is 42.5 Å². The fourth-order valence-electron chi connectivity index (χ4n) is 2.72. The number of hydrogen-bond acceptors (Lipinski definition) is 4. The largest absolute Gasteiger partial charge is 0.381 e. The molecule has 0 aliphatic heterocycles. The Morgan fingerprint density at radius 2 is 1.62 bits per heavy atom. The zero-order chi connectivity index (χ0) is 17.5. The summed E-state index contributed by atoms with van der Waals surface area (Å²) in [6.45, 7) is 8.19. The minimum absolute atomic E-state index is 0.166. The van der Waals surface area contributed by atoms with E-state index in [4.69, 9.17) is 0 Å². The van der Waals surface area contributed by atoms with E-state index in [-0.39, 0.29) is 10.6 Å². The molecule has 2 aromatic rings. The first-order valence-electron chi connectivity index (χ1n) is 8.44. The van der Waals surface area contributed by atoms with Crippen molar-refractivity contribution in [3.8, 4) is 0 Å². The summed E-state index contributed by atoms with van der Waals surface area (Å²) in [5, 5.41) is 14.7. The minimum atomic E-state index is -0.298. The highest BCUT2D eigenvalue weighted by molar-refractivity contribution is 5.64. The van der Waals surface area contributed by atoms with Crippen molar-refractivity contribution in [2.45, 2.75) is 33.7 Å². The highest BCUT2D eigenvalue weighted by atomic mass is 16.6. The van der Waals surface area contributed by atoms with E-state index in [1.54, 1.807) is 6.07 Å². The van der Waals surface area contributed by atoms with Crippen molar-refractivity contribution in [1.29, 1.82) is 0 Å². The molecule has 128 valence electrons. The van der Waals surface area contributed by atoms with Crippen molar-refractivity contribution in [3.63, 3.8) is 0 Å². The Bertz CT molecular complexity index is 680. The molecule has 0 heterocycles. The van der Waals surface area contributed by atoms with Crippen molar-refractivity contribution < 1.29 is 4.92 Å². The summed E-state index contributed by atoms with van der Waals surface area (Å²) in [5.41, 5.74) is 4.06. The number of anilines is 2. The van der Waals surface area contributed by atoms with Crippen molar-refractivity contribution in [3.05, 3.63) is 63.7 Å². The van der Waals surface area contributed by atoms with Gasteiger partial charge in [-0.2, -0.15) is 0 Å². The van der Waals surface area contributed by atoms with Crippen LogP contribution in [0.1, 0.15) is 31.9 Å². The summed E-state index contributed by atoms with van der Waals surface area (Å²) in [6.07, 6.45) is 1.01. The molecule has 0 saturated carbocycles. The number of nitro groups is 1. The standard InChI is InChI=1S/C19H25N3O2/c1-4-15-7-10-17(11-8-15)20-14-16-9-12-18(21(5-2)6-3)19(13-16)22(23)24/h7-13,20H,4-6,14H2,1-3H3. The second-order valence-corrected chi connectivity index (χ2v) is 5.66. The summed E-state index contributed by atoms with van der Waals surface area (Å²) in [4.78, 5) is 13.1. The Morgan fingerprint density at radius 3 is 2.17 bits per heavy atom. The smallest absolute Gasteiger partial charge is 0.292 e. The van der Waals surface area contributed by atoms with Gasteiger partial charge in [-0.05, 0) is 49.6 Å². The van der Waals surface area contributed by atoms with E-state index in [1.165, 1.54) is 5.56 Å². The molecule has 0 aliphatic rings. The molecule has 0 spiro atoms. The van der Waals surface area contributed by atoms with E-state index in [0.717, 1.165) is 30.8 Å². The van der Waals surface area contributed by atoms with Crippen molar-refractivity contribution in [2.24, 2.45) is 0 Å². The molecular weight excluding hydrogens is 302 g/mol. The van der Waals surface area contributed by atoms with E-state index in [0.29, 0.717) is 12.2 Å². The van der Waals surface area contributed by atoms with Crippen LogP contribution < -0.4 is 10.2 Å².